The Balaban J connectivity index is 0.946. The Morgan fingerprint density at radius 3 is 0.730 bits per heavy atom. The normalized spacial score (nSPS) is 14.3. The van der Waals surface area contributed by atoms with Gasteiger partial charge in [-0.25, -0.2) is 0 Å². The molecule has 2 nitrogen and oxygen atoms in total. The number of fused-ring (bicyclic) bond motifs is 6. The van der Waals surface area contributed by atoms with E-state index in [0.717, 1.165) is 45.3 Å². The van der Waals surface area contributed by atoms with Crippen molar-refractivity contribution in [3.8, 4) is 34.1 Å². The van der Waals surface area contributed by atoms with E-state index in [1.165, 1.54) is 66.8 Å². The van der Waals surface area contributed by atoms with Gasteiger partial charge in [0.05, 0.1) is 0 Å². The first-order chi connectivity index (χ1) is 34.7. The van der Waals surface area contributed by atoms with E-state index in [4.69, 9.17) is 0 Å². The maximum absolute atomic E-state index is 3.62. The van der Waals surface area contributed by atoms with Crippen molar-refractivity contribution in [1.29, 1.82) is 0 Å². The van der Waals surface area contributed by atoms with Crippen LogP contribution in [0.25, 0.3) is 22.3 Å². The molecule has 8 aromatic carbocycles. The molecule has 0 amide bonds. The summed E-state index contributed by atoms with van der Waals surface area (Å²) in [5.74, 6) is 7.24. The topological polar surface area (TPSA) is 6.48 Å². The molecule has 0 aliphatic heterocycles. The van der Waals surface area contributed by atoms with Crippen LogP contribution in [-0.2, 0) is 32.5 Å². The highest BCUT2D eigenvalue weighted by Crippen LogP contribution is 2.53. The summed E-state index contributed by atoms with van der Waals surface area (Å²) >= 11 is 0. The largest absolute Gasteiger partial charge is 0.310 e. The molecule has 374 valence electrons. The minimum absolute atomic E-state index is 0.0743. The van der Waals surface area contributed by atoms with Gasteiger partial charge in [0.25, 0.3) is 0 Å². The molecule has 2 aliphatic carbocycles. The van der Waals surface area contributed by atoms with Crippen molar-refractivity contribution in [1.82, 2.24) is 0 Å². The van der Waals surface area contributed by atoms with Crippen molar-refractivity contribution in [2.24, 2.45) is 0 Å². The maximum atomic E-state index is 3.62. The van der Waals surface area contributed by atoms with Gasteiger partial charge in [0.1, 0.15) is 0 Å². The summed E-state index contributed by atoms with van der Waals surface area (Å²) in [5.41, 5.74) is 24.6. The maximum Gasteiger partial charge on any atom is 0.0465 e. The first-order valence-corrected chi connectivity index (χ1v) is 26.8. The summed E-state index contributed by atoms with van der Waals surface area (Å²) in [7, 11) is 0. The Labute approximate surface area is 444 Å². The molecule has 0 atom stereocenters. The van der Waals surface area contributed by atoms with Crippen LogP contribution in [-0.4, -0.2) is 0 Å². The van der Waals surface area contributed by atoms with Gasteiger partial charge in [0.2, 0.25) is 0 Å². The van der Waals surface area contributed by atoms with Crippen molar-refractivity contribution >= 4 is 34.1 Å². The quantitative estimate of drug-likeness (QED) is 0.153. The molecular formula is C72H76N2. The number of benzene rings is 8. The van der Waals surface area contributed by atoms with Crippen LogP contribution in [0, 0.1) is 11.8 Å². The second-order valence-corrected chi connectivity index (χ2v) is 26.3. The Morgan fingerprint density at radius 1 is 0.270 bits per heavy atom. The van der Waals surface area contributed by atoms with Crippen LogP contribution in [0.2, 0.25) is 0 Å². The van der Waals surface area contributed by atoms with Gasteiger partial charge in [0, 0.05) is 56.1 Å². The number of rotatable bonds is 6. The number of nitrogens with zero attached hydrogens (tertiary/aromatic N) is 2. The van der Waals surface area contributed by atoms with Crippen LogP contribution in [0.1, 0.15) is 166 Å². The zero-order valence-corrected chi connectivity index (χ0v) is 47.1. The van der Waals surface area contributed by atoms with Gasteiger partial charge in [-0.2, -0.15) is 0 Å². The van der Waals surface area contributed by atoms with Gasteiger partial charge in [-0.3, -0.25) is 0 Å². The monoisotopic (exact) mass is 969 g/mol. The molecule has 0 fully saturated rings. The van der Waals surface area contributed by atoms with E-state index < -0.39 is 0 Å². The molecule has 0 spiro atoms. The molecule has 8 aromatic rings. The average molecular weight is 969 g/mol. The molecule has 0 radical (unpaired) electrons. The van der Waals surface area contributed by atoms with E-state index in [0.29, 0.717) is 0 Å². The van der Waals surface area contributed by atoms with E-state index in [1.807, 2.05) is 0 Å². The predicted octanol–water partition coefficient (Wildman–Crippen LogP) is 19.8. The van der Waals surface area contributed by atoms with Crippen LogP contribution < -0.4 is 9.80 Å². The zero-order valence-electron chi connectivity index (χ0n) is 47.1. The molecule has 0 bridgehead atoms. The lowest BCUT2D eigenvalue weighted by Crippen LogP contribution is -2.17. The first kappa shape index (κ1) is 50.5. The molecule has 0 saturated heterocycles. The van der Waals surface area contributed by atoms with E-state index in [9.17, 15) is 0 Å². The minimum Gasteiger partial charge on any atom is -0.310 e. The smallest absolute Gasteiger partial charge is 0.0465 e. The number of anilines is 6. The molecule has 2 heteroatoms. The van der Waals surface area contributed by atoms with Gasteiger partial charge in [-0.1, -0.05) is 195 Å². The summed E-state index contributed by atoms with van der Waals surface area (Å²) in [4.78, 5) is 4.83. The van der Waals surface area contributed by atoms with Crippen LogP contribution in [0.4, 0.5) is 34.1 Å². The third-order valence-electron chi connectivity index (χ3n) is 16.2. The third-order valence-corrected chi connectivity index (χ3v) is 16.2. The SMILES string of the molecule is CC(C)(C)c1ccc(N(c2ccc(C(C)(C)C)cc2)c2ccc3c(c2)C(C)(C)c2cc(C#Cc4ccc5c(c4)C(C)(C)c4cc(N(c6ccc(C(C)(C)C)cc6)c6ccc(C(C)(C)C)cc6)ccc4-5)ccc2-3)cc1. The average Bonchev–Trinajstić information content (AvgIpc) is 3.71. The predicted molar refractivity (Wildman–Crippen MR) is 318 cm³/mol. The highest BCUT2D eigenvalue weighted by atomic mass is 15.1. The zero-order chi connectivity index (χ0) is 52.9. The van der Waals surface area contributed by atoms with Crippen molar-refractivity contribution < 1.29 is 0 Å². The Hall–Kier alpha value is -7.08. The Morgan fingerprint density at radius 2 is 0.486 bits per heavy atom. The molecule has 74 heavy (non-hydrogen) atoms. The standard InChI is InChI=1S/C72H76N2/c1-67(2,3)49-21-29-53(30-22-49)73(54-31-23-50(24-32-54)68(4,5)6)57-37-41-61-59-39-19-47(43-63(59)71(13,14)65(61)45-57)17-18-48-20-40-60-62-42-38-58(46-66(62)72(15,16)64(60)44-48)74(55-33-25-51(26-34-55)69(7,8)9)56-35-27-52(28-36-56)70(10,11)12/h19-46H,1-16H3. The summed E-state index contributed by atoms with van der Waals surface area (Å²) in [6.45, 7) is 36.8. The van der Waals surface area contributed by atoms with Gasteiger partial charge in [-0.15, -0.1) is 0 Å². The highest BCUT2D eigenvalue weighted by molar-refractivity contribution is 5.88. The van der Waals surface area contributed by atoms with Crippen LogP contribution in [0.15, 0.2) is 170 Å². The number of hydrogen-bond donors (Lipinski definition) is 0. The second-order valence-electron chi connectivity index (χ2n) is 26.3. The molecule has 10 rings (SSSR count). The minimum atomic E-state index is -0.222. The summed E-state index contributed by atoms with van der Waals surface area (Å²) in [6.07, 6.45) is 0. The fraction of sp³-hybridized carbons (Fsp3) is 0.306. The molecule has 0 saturated carbocycles. The molecule has 0 aromatic heterocycles. The lowest BCUT2D eigenvalue weighted by molar-refractivity contribution is 0.590. The van der Waals surface area contributed by atoms with E-state index in [2.05, 4.69) is 302 Å². The number of hydrogen-bond acceptors (Lipinski definition) is 2. The van der Waals surface area contributed by atoms with E-state index in [-0.39, 0.29) is 32.5 Å². The van der Waals surface area contributed by atoms with Gasteiger partial charge in [-0.05, 0) is 185 Å². The van der Waals surface area contributed by atoms with Gasteiger partial charge in [0.15, 0.2) is 0 Å². The van der Waals surface area contributed by atoms with Crippen molar-refractivity contribution in [3.05, 3.63) is 225 Å². The fourth-order valence-electron chi connectivity index (χ4n) is 11.4. The lowest BCUT2D eigenvalue weighted by Gasteiger charge is -2.29. The van der Waals surface area contributed by atoms with Crippen molar-refractivity contribution in [2.45, 2.75) is 143 Å². The van der Waals surface area contributed by atoms with Crippen LogP contribution in [0.5, 0.6) is 0 Å². The van der Waals surface area contributed by atoms with E-state index >= 15 is 0 Å². The molecule has 0 unspecified atom stereocenters. The van der Waals surface area contributed by atoms with E-state index in [1.54, 1.807) is 0 Å². The Kier molecular flexibility index (Phi) is 12.1. The highest BCUT2D eigenvalue weighted by Gasteiger charge is 2.38. The fourth-order valence-corrected chi connectivity index (χ4v) is 11.4. The van der Waals surface area contributed by atoms with Crippen LogP contribution in [0.3, 0.4) is 0 Å². The second kappa shape index (κ2) is 17.8. The molecule has 2 aliphatic rings. The lowest BCUT2D eigenvalue weighted by atomic mass is 9.81. The van der Waals surface area contributed by atoms with Gasteiger partial charge >= 0.3 is 0 Å². The Bertz CT molecular complexity index is 3140. The first-order valence-electron chi connectivity index (χ1n) is 26.8. The van der Waals surface area contributed by atoms with Gasteiger partial charge < -0.3 is 9.80 Å². The third kappa shape index (κ3) is 9.19. The molecule has 0 N–H and O–H groups in total. The molecule has 0 heterocycles. The molecular weight excluding hydrogens is 893 g/mol. The summed E-state index contributed by atoms with van der Waals surface area (Å²) in [6, 6.07) is 64.3. The van der Waals surface area contributed by atoms with Crippen molar-refractivity contribution in [3.63, 3.8) is 0 Å². The van der Waals surface area contributed by atoms with Crippen molar-refractivity contribution in [2.75, 3.05) is 9.80 Å². The summed E-state index contributed by atoms with van der Waals surface area (Å²) < 4.78 is 0. The summed E-state index contributed by atoms with van der Waals surface area (Å²) in [5, 5.41) is 0. The van der Waals surface area contributed by atoms with Crippen LogP contribution >= 0.6 is 0 Å².